The highest BCUT2D eigenvalue weighted by Crippen LogP contribution is 2.30. The molecule has 0 radical (unpaired) electrons. The molecule has 0 atom stereocenters. The molecular formula is C27H26N6O3S. The number of hydrogen-bond acceptors (Lipinski definition) is 7. The first-order chi connectivity index (χ1) is 17.7. The number of para-hydroxylation sites is 1. The quantitative estimate of drug-likeness (QED) is 0.146. The summed E-state index contributed by atoms with van der Waals surface area (Å²) in [4.78, 5) is 22.7. The van der Waals surface area contributed by atoms with Gasteiger partial charge in [-0.3, -0.25) is 19.5 Å². The summed E-state index contributed by atoms with van der Waals surface area (Å²) in [5, 5.41) is 24.1. The Morgan fingerprint density at radius 1 is 1.03 bits per heavy atom. The Kier molecular flexibility index (Phi) is 7.78. The van der Waals surface area contributed by atoms with Crippen LogP contribution in [0.1, 0.15) is 31.9 Å². The molecule has 0 bridgehead atoms. The van der Waals surface area contributed by atoms with E-state index >= 15 is 0 Å². The average molecular weight is 515 g/mol. The molecule has 3 aromatic carbocycles. The summed E-state index contributed by atoms with van der Waals surface area (Å²) in [6, 6.07) is 23.9. The van der Waals surface area contributed by atoms with Crippen molar-refractivity contribution >= 4 is 29.6 Å². The van der Waals surface area contributed by atoms with E-state index in [0.29, 0.717) is 16.5 Å². The van der Waals surface area contributed by atoms with Crippen LogP contribution in [0.15, 0.2) is 89.1 Å². The van der Waals surface area contributed by atoms with Gasteiger partial charge in [-0.05, 0) is 40.8 Å². The second-order valence-electron chi connectivity index (χ2n) is 9.23. The van der Waals surface area contributed by atoms with Crippen molar-refractivity contribution in [1.82, 2.24) is 20.2 Å². The molecule has 188 valence electrons. The second kappa shape index (κ2) is 11.2. The Balaban J connectivity index is 1.48. The molecule has 1 heterocycles. The summed E-state index contributed by atoms with van der Waals surface area (Å²) < 4.78 is 1.93. The van der Waals surface area contributed by atoms with E-state index in [1.807, 2.05) is 47.0 Å². The van der Waals surface area contributed by atoms with E-state index in [-0.39, 0.29) is 22.8 Å². The van der Waals surface area contributed by atoms with Crippen LogP contribution in [0, 0.1) is 10.1 Å². The number of nitro benzene ring substituents is 1. The number of nitro groups is 1. The number of non-ortho nitro benzene ring substituents is 1. The van der Waals surface area contributed by atoms with E-state index in [2.05, 4.69) is 53.6 Å². The number of carbonyl (C=O) groups excluding carboxylic acids is 1. The lowest BCUT2D eigenvalue weighted by molar-refractivity contribution is -0.384. The van der Waals surface area contributed by atoms with Crippen LogP contribution in [0.4, 0.5) is 5.69 Å². The number of carbonyl (C=O) groups is 1. The molecule has 4 rings (SSSR count). The van der Waals surface area contributed by atoms with E-state index in [1.165, 1.54) is 35.7 Å². The molecule has 0 aliphatic carbocycles. The number of benzene rings is 3. The van der Waals surface area contributed by atoms with Gasteiger partial charge in [-0.2, -0.15) is 5.10 Å². The Morgan fingerprint density at radius 2 is 1.70 bits per heavy atom. The Labute approximate surface area is 218 Å². The van der Waals surface area contributed by atoms with Gasteiger partial charge in [0.2, 0.25) is 0 Å². The lowest BCUT2D eigenvalue weighted by atomic mass is 9.87. The zero-order chi connectivity index (χ0) is 26.4. The molecule has 1 amide bonds. The van der Waals surface area contributed by atoms with Gasteiger partial charge in [0.05, 0.1) is 16.9 Å². The first-order valence-corrected chi connectivity index (χ1v) is 12.5. The molecule has 0 fully saturated rings. The molecular weight excluding hydrogens is 488 g/mol. The number of thioether (sulfide) groups is 1. The SMILES string of the molecule is CC(C)(C)c1ccc(-c2nnc(SCC(=O)N/N=C\c3ccc([N+](=O)[O-])cc3)n2-c2ccccc2)cc1. The average Bonchev–Trinajstić information content (AvgIpc) is 3.32. The van der Waals surface area contributed by atoms with Gasteiger partial charge in [0.25, 0.3) is 11.6 Å². The van der Waals surface area contributed by atoms with E-state index in [4.69, 9.17) is 0 Å². The first-order valence-electron chi connectivity index (χ1n) is 11.5. The van der Waals surface area contributed by atoms with Crippen molar-refractivity contribution in [1.29, 1.82) is 0 Å². The molecule has 0 saturated carbocycles. The molecule has 10 heteroatoms. The number of aromatic nitrogens is 3. The fourth-order valence-electron chi connectivity index (χ4n) is 3.50. The van der Waals surface area contributed by atoms with Crippen LogP contribution in [-0.4, -0.2) is 37.6 Å². The maximum Gasteiger partial charge on any atom is 0.269 e. The number of nitrogens with zero attached hydrogens (tertiary/aromatic N) is 5. The Bertz CT molecular complexity index is 1410. The van der Waals surface area contributed by atoms with Gasteiger partial charge in [0.15, 0.2) is 11.0 Å². The van der Waals surface area contributed by atoms with E-state index in [0.717, 1.165) is 11.3 Å². The maximum atomic E-state index is 12.4. The minimum Gasteiger partial charge on any atom is -0.272 e. The number of hydrogen-bond donors (Lipinski definition) is 1. The van der Waals surface area contributed by atoms with Gasteiger partial charge in [-0.15, -0.1) is 10.2 Å². The van der Waals surface area contributed by atoms with Crippen LogP contribution in [0.2, 0.25) is 0 Å². The third kappa shape index (κ3) is 6.47. The fraction of sp³-hybridized carbons (Fsp3) is 0.185. The molecule has 4 aromatic rings. The van der Waals surface area contributed by atoms with Crippen LogP contribution >= 0.6 is 11.8 Å². The normalized spacial score (nSPS) is 11.5. The summed E-state index contributed by atoms with van der Waals surface area (Å²) in [6.45, 7) is 6.51. The summed E-state index contributed by atoms with van der Waals surface area (Å²) in [5.74, 6) is 0.443. The van der Waals surface area contributed by atoms with Gasteiger partial charge < -0.3 is 0 Å². The molecule has 0 aliphatic heterocycles. The van der Waals surface area contributed by atoms with Crippen molar-refractivity contribution in [3.8, 4) is 17.1 Å². The minimum absolute atomic E-state index is 0.00960. The van der Waals surface area contributed by atoms with Crippen molar-refractivity contribution < 1.29 is 9.72 Å². The Hall–Kier alpha value is -4.31. The minimum atomic E-state index is -0.472. The molecule has 1 N–H and O–H groups in total. The van der Waals surface area contributed by atoms with Crippen molar-refractivity contribution in [2.75, 3.05) is 5.75 Å². The van der Waals surface area contributed by atoms with Gasteiger partial charge in [-0.1, -0.05) is 75.0 Å². The number of nitrogens with one attached hydrogen (secondary N) is 1. The summed E-state index contributed by atoms with van der Waals surface area (Å²) in [7, 11) is 0. The van der Waals surface area contributed by atoms with E-state index in [9.17, 15) is 14.9 Å². The lowest BCUT2D eigenvalue weighted by Crippen LogP contribution is -2.20. The third-order valence-corrected chi connectivity index (χ3v) is 6.42. The zero-order valence-corrected chi connectivity index (χ0v) is 21.5. The number of amides is 1. The summed E-state index contributed by atoms with van der Waals surface area (Å²) >= 11 is 1.25. The van der Waals surface area contributed by atoms with Crippen LogP contribution in [0.25, 0.3) is 17.1 Å². The third-order valence-electron chi connectivity index (χ3n) is 5.50. The highest BCUT2D eigenvalue weighted by atomic mass is 32.2. The highest BCUT2D eigenvalue weighted by molar-refractivity contribution is 7.99. The summed E-state index contributed by atoms with van der Waals surface area (Å²) in [5.41, 5.74) is 6.18. The number of hydrazone groups is 1. The van der Waals surface area contributed by atoms with Crippen LogP contribution < -0.4 is 5.43 Å². The number of rotatable bonds is 8. The molecule has 0 aliphatic rings. The predicted octanol–water partition coefficient (Wildman–Crippen LogP) is 5.38. The van der Waals surface area contributed by atoms with Gasteiger partial charge in [-0.25, -0.2) is 5.43 Å². The fourth-order valence-corrected chi connectivity index (χ4v) is 4.25. The molecule has 0 spiro atoms. The molecule has 37 heavy (non-hydrogen) atoms. The first kappa shape index (κ1) is 25.8. The largest absolute Gasteiger partial charge is 0.272 e. The van der Waals surface area contributed by atoms with Crippen molar-refractivity contribution in [3.63, 3.8) is 0 Å². The topological polar surface area (TPSA) is 115 Å². The Morgan fingerprint density at radius 3 is 2.32 bits per heavy atom. The monoisotopic (exact) mass is 514 g/mol. The van der Waals surface area contributed by atoms with E-state index < -0.39 is 4.92 Å². The summed E-state index contributed by atoms with van der Waals surface area (Å²) in [6.07, 6.45) is 1.43. The van der Waals surface area contributed by atoms with Crippen LogP contribution in [0.5, 0.6) is 0 Å². The second-order valence-corrected chi connectivity index (χ2v) is 10.2. The van der Waals surface area contributed by atoms with E-state index in [1.54, 1.807) is 12.1 Å². The zero-order valence-electron chi connectivity index (χ0n) is 20.7. The van der Waals surface area contributed by atoms with Crippen molar-refractivity contribution in [2.24, 2.45) is 5.10 Å². The van der Waals surface area contributed by atoms with Crippen LogP contribution in [-0.2, 0) is 10.2 Å². The molecule has 9 nitrogen and oxygen atoms in total. The predicted molar refractivity (Wildman–Crippen MR) is 145 cm³/mol. The highest BCUT2D eigenvalue weighted by Gasteiger charge is 2.19. The van der Waals surface area contributed by atoms with Gasteiger partial charge in [0.1, 0.15) is 0 Å². The smallest absolute Gasteiger partial charge is 0.269 e. The molecule has 0 unspecified atom stereocenters. The maximum absolute atomic E-state index is 12.4. The van der Waals surface area contributed by atoms with Gasteiger partial charge in [0, 0.05) is 23.4 Å². The molecule has 0 saturated heterocycles. The standard InChI is InChI=1S/C27H26N6O3S/c1-27(2,3)21-13-11-20(12-14-21)25-30-31-26(32(25)22-7-5-4-6-8-22)37-18-24(34)29-28-17-19-9-15-23(16-10-19)33(35)36/h4-17H,18H2,1-3H3,(H,29,34)/b28-17-. The van der Waals surface area contributed by atoms with Gasteiger partial charge >= 0.3 is 0 Å². The van der Waals surface area contributed by atoms with Crippen molar-refractivity contribution in [3.05, 3.63) is 100 Å². The molecule has 1 aromatic heterocycles. The van der Waals surface area contributed by atoms with Crippen molar-refractivity contribution in [2.45, 2.75) is 31.3 Å². The lowest BCUT2D eigenvalue weighted by Gasteiger charge is -2.19. The van der Waals surface area contributed by atoms with Crippen LogP contribution in [0.3, 0.4) is 0 Å².